The molecule has 0 spiro atoms. The maximum atomic E-state index is 13.6. The Bertz CT molecular complexity index is 791. The maximum absolute atomic E-state index is 13.6. The van der Waals surface area contributed by atoms with E-state index in [2.05, 4.69) is 28.9 Å². The van der Waals surface area contributed by atoms with Gasteiger partial charge in [0.25, 0.3) is 5.95 Å². The number of nitrogen functional groups attached to an aromatic ring is 1. The molecule has 1 aliphatic rings. The van der Waals surface area contributed by atoms with Crippen LogP contribution in [0.15, 0.2) is 24.5 Å². The van der Waals surface area contributed by atoms with Crippen molar-refractivity contribution in [3.63, 3.8) is 0 Å². The molecule has 0 saturated carbocycles. The molecule has 0 atom stereocenters. The highest BCUT2D eigenvalue weighted by Crippen LogP contribution is 2.42. The topological polar surface area (TPSA) is 69.6 Å². The van der Waals surface area contributed by atoms with Gasteiger partial charge in [-0.05, 0) is 42.7 Å². The number of halogens is 3. The van der Waals surface area contributed by atoms with Gasteiger partial charge in [0.2, 0.25) is 0 Å². The molecular weight excluding hydrogens is 331 g/mol. The van der Waals surface area contributed by atoms with Crippen LogP contribution in [-0.4, -0.2) is 19.7 Å². The van der Waals surface area contributed by atoms with E-state index < -0.39 is 11.9 Å². The summed E-state index contributed by atoms with van der Waals surface area (Å²) in [6, 6.07) is 1.57. The van der Waals surface area contributed by atoms with Crippen LogP contribution in [0.1, 0.15) is 50.8 Å². The van der Waals surface area contributed by atoms with Gasteiger partial charge in [0.05, 0.1) is 5.56 Å². The SMILES string of the molecule is CC1(C)CC=C(c2c(C(F)(F)F)nn(-c3ncccn3)c2N)CCC1. The summed E-state index contributed by atoms with van der Waals surface area (Å²) in [5, 5.41) is 3.69. The molecule has 8 heteroatoms. The minimum Gasteiger partial charge on any atom is -0.383 e. The number of alkyl halides is 3. The van der Waals surface area contributed by atoms with Gasteiger partial charge < -0.3 is 5.73 Å². The minimum absolute atomic E-state index is 0.0197. The number of nitrogens with two attached hydrogens (primary N) is 1. The van der Waals surface area contributed by atoms with Gasteiger partial charge >= 0.3 is 6.18 Å². The predicted molar refractivity (Wildman–Crippen MR) is 88.8 cm³/mol. The van der Waals surface area contributed by atoms with E-state index in [9.17, 15) is 13.2 Å². The summed E-state index contributed by atoms with van der Waals surface area (Å²) in [6.07, 6.45) is 3.13. The van der Waals surface area contributed by atoms with E-state index in [1.54, 1.807) is 6.07 Å². The Kier molecular flexibility index (Phi) is 4.30. The van der Waals surface area contributed by atoms with E-state index in [-0.39, 0.29) is 22.7 Å². The highest BCUT2D eigenvalue weighted by atomic mass is 19.4. The van der Waals surface area contributed by atoms with Gasteiger partial charge in [0, 0.05) is 12.4 Å². The number of anilines is 1. The molecular formula is C17H20F3N5. The zero-order valence-electron chi connectivity index (χ0n) is 14.1. The van der Waals surface area contributed by atoms with E-state index >= 15 is 0 Å². The Labute approximate surface area is 143 Å². The van der Waals surface area contributed by atoms with Gasteiger partial charge in [-0.15, -0.1) is 0 Å². The standard InChI is InChI=1S/C17H20F3N5/c1-16(2)7-3-5-11(6-8-16)12-13(17(18,19)20)24-25(14(12)21)15-22-9-4-10-23-15/h4,6,9-10H,3,5,7-8,21H2,1-2H3. The number of nitrogens with zero attached hydrogens (tertiary/aromatic N) is 4. The van der Waals surface area contributed by atoms with Crippen LogP contribution in [0.5, 0.6) is 0 Å². The van der Waals surface area contributed by atoms with Crippen molar-refractivity contribution in [1.29, 1.82) is 0 Å². The Hall–Kier alpha value is -2.38. The van der Waals surface area contributed by atoms with Crippen molar-refractivity contribution in [3.05, 3.63) is 35.8 Å². The van der Waals surface area contributed by atoms with Crippen molar-refractivity contribution in [2.75, 3.05) is 5.73 Å². The molecule has 2 aromatic rings. The molecule has 2 heterocycles. The van der Waals surface area contributed by atoms with Gasteiger partial charge in [-0.3, -0.25) is 0 Å². The Morgan fingerprint density at radius 1 is 1.20 bits per heavy atom. The first-order chi connectivity index (χ1) is 11.7. The number of hydrogen-bond donors (Lipinski definition) is 1. The van der Waals surface area contributed by atoms with Crippen molar-refractivity contribution in [2.24, 2.45) is 5.41 Å². The normalized spacial score (nSPS) is 17.9. The Morgan fingerprint density at radius 3 is 2.52 bits per heavy atom. The molecule has 134 valence electrons. The van der Waals surface area contributed by atoms with Crippen molar-refractivity contribution in [1.82, 2.24) is 19.7 Å². The quantitative estimate of drug-likeness (QED) is 0.878. The molecule has 0 fully saturated rings. The van der Waals surface area contributed by atoms with Crippen LogP contribution >= 0.6 is 0 Å². The Balaban J connectivity index is 2.15. The minimum atomic E-state index is -4.61. The fourth-order valence-electron chi connectivity index (χ4n) is 3.09. The van der Waals surface area contributed by atoms with Crippen LogP contribution in [0.25, 0.3) is 11.5 Å². The van der Waals surface area contributed by atoms with Gasteiger partial charge in [-0.25, -0.2) is 9.97 Å². The van der Waals surface area contributed by atoms with E-state index in [1.807, 2.05) is 6.08 Å². The van der Waals surface area contributed by atoms with Crippen LogP contribution in [0, 0.1) is 5.41 Å². The third-order valence-electron chi connectivity index (χ3n) is 4.45. The first-order valence-corrected chi connectivity index (χ1v) is 8.11. The maximum Gasteiger partial charge on any atom is 0.435 e. The van der Waals surface area contributed by atoms with Crippen molar-refractivity contribution < 1.29 is 13.2 Å². The molecule has 2 aromatic heterocycles. The second kappa shape index (κ2) is 6.16. The van der Waals surface area contributed by atoms with Gasteiger partial charge in [0.1, 0.15) is 5.82 Å². The second-order valence-electron chi connectivity index (χ2n) is 7.02. The fraction of sp³-hybridized carbons (Fsp3) is 0.471. The third-order valence-corrected chi connectivity index (χ3v) is 4.45. The summed E-state index contributed by atoms with van der Waals surface area (Å²) in [6.45, 7) is 4.23. The zero-order chi connectivity index (χ0) is 18.2. The summed E-state index contributed by atoms with van der Waals surface area (Å²) >= 11 is 0. The van der Waals surface area contributed by atoms with Gasteiger partial charge in [-0.1, -0.05) is 19.9 Å². The molecule has 0 radical (unpaired) electrons. The monoisotopic (exact) mass is 351 g/mol. The Morgan fingerprint density at radius 2 is 1.88 bits per heavy atom. The molecule has 1 aliphatic carbocycles. The lowest BCUT2D eigenvalue weighted by Gasteiger charge is -2.20. The molecule has 3 rings (SSSR count). The number of hydrogen-bond acceptors (Lipinski definition) is 4. The molecule has 0 bridgehead atoms. The highest BCUT2D eigenvalue weighted by molar-refractivity contribution is 5.76. The summed E-state index contributed by atoms with van der Waals surface area (Å²) < 4.78 is 41.7. The summed E-state index contributed by atoms with van der Waals surface area (Å²) in [4.78, 5) is 7.91. The molecule has 5 nitrogen and oxygen atoms in total. The van der Waals surface area contributed by atoms with E-state index in [0.717, 1.165) is 17.5 Å². The summed E-state index contributed by atoms with van der Waals surface area (Å²) in [7, 11) is 0. The molecule has 0 amide bonds. The molecule has 0 unspecified atom stereocenters. The molecule has 0 aliphatic heterocycles. The van der Waals surface area contributed by atoms with Gasteiger partial charge in [0.15, 0.2) is 5.69 Å². The first-order valence-electron chi connectivity index (χ1n) is 8.11. The summed E-state index contributed by atoms with van der Waals surface area (Å²) in [5.74, 6) is -0.0595. The largest absolute Gasteiger partial charge is 0.435 e. The van der Waals surface area contributed by atoms with Crippen molar-refractivity contribution in [3.8, 4) is 5.95 Å². The van der Waals surface area contributed by atoms with E-state index in [0.29, 0.717) is 18.4 Å². The molecule has 0 saturated heterocycles. The van der Waals surface area contributed by atoms with Crippen LogP contribution in [0.3, 0.4) is 0 Å². The predicted octanol–water partition coefficient (Wildman–Crippen LogP) is 4.25. The lowest BCUT2D eigenvalue weighted by atomic mass is 9.86. The first kappa shape index (κ1) is 17.4. The molecule has 0 aromatic carbocycles. The fourth-order valence-corrected chi connectivity index (χ4v) is 3.09. The average molecular weight is 351 g/mol. The van der Waals surface area contributed by atoms with Crippen LogP contribution in [-0.2, 0) is 6.18 Å². The number of rotatable bonds is 2. The number of allylic oxidation sites excluding steroid dienone is 2. The third kappa shape index (κ3) is 3.52. The van der Waals surface area contributed by atoms with E-state index in [1.165, 1.54) is 12.4 Å². The van der Waals surface area contributed by atoms with E-state index in [4.69, 9.17) is 5.73 Å². The second-order valence-corrected chi connectivity index (χ2v) is 7.02. The van der Waals surface area contributed by atoms with Crippen LogP contribution < -0.4 is 5.73 Å². The molecule has 2 N–H and O–H groups in total. The van der Waals surface area contributed by atoms with Crippen molar-refractivity contribution >= 4 is 11.4 Å². The lowest BCUT2D eigenvalue weighted by molar-refractivity contribution is -0.141. The highest BCUT2D eigenvalue weighted by Gasteiger charge is 2.40. The number of aromatic nitrogens is 4. The smallest absolute Gasteiger partial charge is 0.383 e. The summed E-state index contributed by atoms with van der Waals surface area (Å²) in [5.41, 5.74) is 5.69. The van der Waals surface area contributed by atoms with Gasteiger partial charge in [-0.2, -0.15) is 23.0 Å². The zero-order valence-corrected chi connectivity index (χ0v) is 14.1. The van der Waals surface area contributed by atoms with Crippen molar-refractivity contribution in [2.45, 2.75) is 45.7 Å². The lowest BCUT2D eigenvalue weighted by Crippen LogP contribution is -2.10. The molecule has 25 heavy (non-hydrogen) atoms. The van der Waals surface area contributed by atoms with Crippen LogP contribution in [0.4, 0.5) is 19.0 Å². The van der Waals surface area contributed by atoms with Crippen LogP contribution in [0.2, 0.25) is 0 Å². The average Bonchev–Trinajstić information content (AvgIpc) is 2.78.